The summed E-state index contributed by atoms with van der Waals surface area (Å²) in [6.45, 7) is 3.47. The number of anilines is 1. The molecule has 0 unspecified atom stereocenters. The molecule has 0 bridgehead atoms. The maximum atomic E-state index is 13.2. The molecule has 0 aliphatic carbocycles. The smallest absolute Gasteiger partial charge is 0.315 e. The fraction of sp³-hybridized carbons (Fsp3) is 0.300. The summed E-state index contributed by atoms with van der Waals surface area (Å²) in [7, 11) is 2.85. The number of ether oxygens (including phenoxy) is 1. The molecule has 3 amide bonds. The Hall–Kier alpha value is -3.22. The quantitative estimate of drug-likeness (QED) is 0.601. The van der Waals surface area contributed by atoms with Gasteiger partial charge in [-0.05, 0) is 36.9 Å². The molecule has 2 aromatic carbocycles. The second kappa shape index (κ2) is 5.39. The second-order valence-electron chi connectivity index (χ2n) is 7.26. The molecular formula is C20H18N2O5. The van der Waals surface area contributed by atoms with E-state index in [2.05, 4.69) is 4.74 Å². The van der Waals surface area contributed by atoms with E-state index in [1.165, 1.54) is 12.0 Å². The highest BCUT2D eigenvalue weighted by molar-refractivity contribution is 6.30. The molecule has 0 aromatic heterocycles. The van der Waals surface area contributed by atoms with Crippen LogP contribution >= 0.6 is 0 Å². The van der Waals surface area contributed by atoms with Gasteiger partial charge in [0.1, 0.15) is 6.42 Å². The van der Waals surface area contributed by atoms with E-state index < -0.39 is 29.7 Å². The number of carbonyl (C=O) groups is 4. The number of imide groups is 1. The van der Waals surface area contributed by atoms with Crippen LogP contribution in [0.5, 0.6) is 0 Å². The number of esters is 1. The van der Waals surface area contributed by atoms with Gasteiger partial charge < -0.3 is 9.64 Å². The minimum absolute atomic E-state index is 0.243. The Balaban J connectivity index is 1.96. The van der Waals surface area contributed by atoms with Gasteiger partial charge in [-0.15, -0.1) is 0 Å². The predicted octanol–water partition coefficient (Wildman–Crippen LogP) is 2.21. The summed E-state index contributed by atoms with van der Waals surface area (Å²) >= 11 is 0. The van der Waals surface area contributed by atoms with Gasteiger partial charge in [-0.2, -0.15) is 0 Å². The molecule has 0 saturated carbocycles. The van der Waals surface area contributed by atoms with Crippen LogP contribution in [0.2, 0.25) is 0 Å². The summed E-state index contributed by atoms with van der Waals surface area (Å²) in [5, 5.41) is 1.55. The third kappa shape index (κ3) is 2.08. The van der Waals surface area contributed by atoms with E-state index in [0.29, 0.717) is 11.1 Å². The SMILES string of the molecule is COC(=O)CC(=O)N1C(=O)c2c(cc3cccc4c3c2C(=O)N4C)C1(C)C. The van der Waals surface area contributed by atoms with Gasteiger partial charge >= 0.3 is 5.97 Å². The van der Waals surface area contributed by atoms with Crippen LogP contribution in [-0.2, 0) is 19.9 Å². The standard InChI is InChI=1S/C20H18N2O5/c1-20(2)11-8-10-6-5-7-12-15(10)17(18(25)21(12)3)16(11)19(26)22(20)13(23)9-14(24)27-4/h5-8H,9H2,1-4H3. The Morgan fingerprint density at radius 1 is 1.11 bits per heavy atom. The zero-order chi connectivity index (χ0) is 19.7. The molecule has 0 radical (unpaired) electrons. The molecule has 0 N–H and O–H groups in total. The number of carbonyl (C=O) groups excluding carboxylic acids is 4. The van der Waals surface area contributed by atoms with Crippen LogP contribution in [0, 0.1) is 0 Å². The number of hydrogen-bond acceptors (Lipinski definition) is 5. The summed E-state index contributed by atoms with van der Waals surface area (Å²) in [6.07, 6.45) is -0.534. The van der Waals surface area contributed by atoms with E-state index in [9.17, 15) is 19.2 Å². The largest absolute Gasteiger partial charge is 0.469 e. The normalized spacial score (nSPS) is 16.9. The summed E-state index contributed by atoms with van der Waals surface area (Å²) in [4.78, 5) is 52.9. The second-order valence-corrected chi connectivity index (χ2v) is 7.26. The zero-order valence-electron chi connectivity index (χ0n) is 15.5. The van der Waals surface area contributed by atoms with Crippen LogP contribution in [0.3, 0.4) is 0 Å². The van der Waals surface area contributed by atoms with Crippen molar-refractivity contribution in [1.82, 2.24) is 4.90 Å². The number of methoxy groups -OCH3 is 1. The number of hydrogen-bond donors (Lipinski definition) is 0. The molecule has 2 aromatic rings. The van der Waals surface area contributed by atoms with Crippen molar-refractivity contribution in [3.63, 3.8) is 0 Å². The lowest BCUT2D eigenvalue weighted by molar-refractivity contribution is -0.147. The van der Waals surface area contributed by atoms with Gasteiger partial charge in [0.15, 0.2) is 0 Å². The van der Waals surface area contributed by atoms with Gasteiger partial charge in [-0.3, -0.25) is 24.1 Å². The van der Waals surface area contributed by atoms with Gasteiger partial charge in [0, 0.05) is 12.4 Å². The Labute approximate surface area is 155 Å². The van der Waals surface area contributed by atoms with Crippen LogP contribution in [0.25, 0.3) is 10.8 Å². The monoisotopic (exact) mass is 366 g/mol. The van der Waals surface area contributed by atoms with Crippen molar-refractivity contribution < 1.29 is 23.9 Å². The highest BCUT2D eigenvalue weighted by Gasteiger charge is 2.50. The van der Waals surface area contributed by atoms with Gasteiger partial charge in [0.25, 0.3) is 11.8 Å². The Bertz CT molecular complexity index is 1070. The Morgan fingerprint density at radius 3 is 2.48 bits per heavy atom. The first-order valence-electron chi connectivity index (χ1n) is 8.52. The van der Waals surface area contributed by atoms with Crippen molar-refractivity contribution in [2.45, 2.75) is 25.8 Å². The van der Waals surface area contributed by atoms with Crippen molar-refractivity contribution in [3.05, 3.63) is 41.0 Å². The first-order valence-corrected chi connectivity index (χ1v) is 8.52. The predicted molar refractivity (Wildman–Crippen MR) is 97.5 cm³/mol. The average molecular weight is 366 g/mol. The van der Waals surface area contributed by atoms with E-state index in [1.807, 2.05) is 24.3 Å². The van der Waals surface area contributed by atoms with E-state index in [4.69, 9.17) is 0 Å². The molecular weight excluding hydrogens is 348 g/mol. The molecule has 138 valence electrons. The Kier molecular flexibility index (Phi) is 3.43. The van der Waals surface area contributed by atoms with E-state index in [-0.39, 0.29) is 11.5 Å². The fourth-order valence-electron chi connectivity index (χ4n) is 4.10. The van der Waals surface area contributed by atoms with Crippen LogP contribution in [0.4, 0.5) is 5.69 Å². The van der Waals surface area contributed by atoms with Crippen molar-refractivity contribution in [2.75, 3.05) is 19.1 Å². The maximum absolute atomic E-state index is 13.2. The van der Waals surface area contributed by atoms with E-state index >= 15 is 0 Å². The molecule has 2 heterocycles. The van der Waals surface area contributed by atoms with Gasteiger partial charge in [-0.1, -0.05) is 12.1 Å². The molecule has 0 spiro atoms. The number of rotatable bonds is 2. The van der Waals surface area contributed by atoms with Crippen LogP contribution in [0.15, 0.2) is 24.3 Å². The van der Waals surface area contributed by atoms with Gasteiger partial charge in [0.2, 0.25) is 5.91 Å². The lowest BCUT2D eigenvalue weighted by atomic mass is 9.88. The molecule has 2 aliphatic rings. The molecule has 7 nitrogen and oxygen atoms in total. The van der Waals surface area contributed by atoms with Crippen LogP contribution in [-0.4, -0.2) is 42.7 Å². The highest BCUT2D eigenvalue weighted by Crippen LogP contribution is 2.47. The van der Waals surface area contributed by atoms with Crippen molar-refractivity contribution in [3.8, 4) is 0 Å². The number of nitrogens with zero attached hydrogens (tertiary/aromatic N) is 2. The molecule has 4 rings (SSSR count). The molecule has 0 saturated heterocycles. The minimum atomic E-state index is -0.986. The van der Waals surface area contributed by atoms with Crippen LogP contribution in [0.1, 0.15) is 46.5 Å². The lowest BCUT2D eigenvalue weighted by Crippen LogP contribution is -2.44. The summed E-state index contributed by atoms with van der Waals surface area (Å²) in [5.74, 6) is -2.19. The third-order valence-corrected chi connectivity index (χ3v) is 5.43. The summed E-state index contributed by atoms with van der Waals surface area (Å²) < 4.78 is 4.55. The van der Waals surface area contributed by atoms with E-state index in [1.54, 1.807) is 20.9 Å². The zero-order valence-corrected chi connectivity index (χ0v) is 15.5. The van der Waals surface area contributed by atoms with Crippen molar-refractivity contribution >= 4 is 40.2 Å². The average Bonchev–Trinajstić information content (AvgIpc) is 2.99. The molecule has 0 atom stereocenters. The highest BCUT2D eigenvalue weighted by atomic mass is 16.5. The van der Waals surface area contributed by atoms with Gasteiger partial charge in [-0.25, -0.2) is 0 Å². The number of benzene rings is 2. The fourth-order valence-corrected chi connectivity index (χ4v) is 4.10. The number of amides is 3. The molecule has 0 fully saturated rings. The third-order valence-electron chi connectivity index (χ3n) is 5.43. The van der Waals surface area contributed by atoms with Crippen LogP contribution < -0.4 is 4.90 Å². The summed E-state index contributed by atoms with van der Waals surface area (Å²) in [6, 6.07) is 7.42. The molecule has 2 aliphatic heterocycles. The summed E-state index contributed by atoms with van der Waals surface area (Å²) in [5.41, 5.74) is 0.924. The number of fused-ring (bicyclic) bond motifs is 2. The molecule has 7 heteroatoms. The van der Waals surface area contributed by atoms with Crippen molar-refractivity contribution in [1.29, 1.82) is 0 Å². The Morgan fingerprint density at radius 2 is 1.81 bits per heavy atom. The lowest BCUT2D eigenvalue weighted by Gasteiger charge is -2.30. The van der Waals surface area contributed by atoms with E-state index in [0.717, 1.165) is 21.4 Å². The maximum Gasteiger partial charge on any atom is 0.315 e. The molecule has 27 heavy (non-hydrogen) atoms. The topological polar surface area (TPSA) is 84.0 Å². The van der Waals surface area contributed by atoms with Gasteiger partial charge in [0.05, 0.1) is 29.5 Å². The van der Waals surface area contributed by atoms with Crippen molar-refractivity contribution in [2.24, 2.45) is 0 Å². The first kappa shape index (κ1) is 17.2. The minimum Gasteiger partial charge on any atom is -0.469 e. The first-order chi connectivity index (χ1) is 12.7.